The zero-order chi connectivity index (χ0) is 11.1. The maximum Gasteiger partial charge on any atom is 0.165 e. The van der Waals surface area contributed by atoms with Gasteiger partial charge in [-0.15, -0.1) is 5.06 Å². The zero-order valence-corrected chi connectivity index (χ0v) is 9.23. The largest absolute Gasteiger partial charge is 0.405 e. The van der Waals surface area contributed by atoms with E-state index in [1.807, 2.05) is 30.2 Å². The van der Waals surface area contributed by atoms with Crippen molar-refractivity contribution >= 4 is 0 Å². The molecular weight excluding hydrogens is 188 g/mol. The van der Waals surface area contributed by atoms with E-state index in [0.29, 0.717) is 11.3 Å². The van der Waals surface area contributed by atoms with Crippen molar-refractivity contribution < 1.29 is 4.84 Å². The summed E-state index contributed by atoms with van der Waals surface area (Å²) >= 11 is 0. The minimum Gasteiger partial charge on any atom is -0.405 e. The molecule has 0 N–H and O–H groups in total. The summed E-state index contributed by atoms with van der Waals surface area (Å²) < 4.78 is 0. The topological polar surface area (TPSA) is 36.3 Å². The Kier molecular flexibility index (Phi) is 4.65. The third-order valence-electron chi connectivity index (χ3n) is 2.06. The number of benzene rings is 1. The molecule has 3 nitrogen and oxygen atoms in total. The number of hydroxylamine groups is 2. The monoisotopic (exact) mass is 204 g/mol. The van der Waals surface area contributed by atoms with Crippen molar-refractivity contribution in [3.8, 4) is 11.8 Å². The Balaban J connectivity index is 2.74. The van der Waals surface area contributed by atoms with E-state index < -0.39 is 0 Å². The van der Waals surface area contributed by atoms with Crippen LogP contribution < -0.4 is 4.84 Å². The lowest BCUT2D eigenvalue weighted by atomic mass is 10.2. The normalized spacial score (nSPS) is 10.0. The van der Waals surface area contributed by atoms with Gasteiger partial charge in [0, 0.05) is 13.1 Å². The number of nitrogens with zero attached hydrogens (tertiary/aromatic N) is 2. The minimum atomic E-state index is 0.576. The summed E-state index contributed by atoms with van der Waals surface area (Å²) in [5.74, 6) is 0.635. The Morgan fingerprint density at radius 1 is 1.33 bits per heavy atom. The van der Waals surface area contributed by atoms with Crippen LogP contribution in [0.3, 0.4) is 0 Å². The Bertz CT molecular complexity index is 344. The SMILES string of the molecule is CCCN(CC)Oc1ccccc1C#N. The average Bonchev–Trinajstić information content (AvgIpc) is 2.29. The van der Waals surface area contributed by atoms with Crippen LogP contribution in [0.4, 0.5) is 0 Å². The van der Waals surface area contributed by atoms with E-state index in [9.17, 15) is 0 Å². The smallest absolute Gasteiger partial charge is 0.165 e. The first-order valence-electron chi connectivity index (χ1n) is 5.23. The number of hydrogen-bond donors (Lipinski definition) is 0. The minimum absolute atomic E-state index is 0.576. The summed E-state index contributed by atoms with van der Waals surface area (Å²) in [6, 6.07) is 9.40. The molecule has 0 spiro atoms. The van der Waals surface area contributed by atoms with E-state index in [1.54, 1.807) is 6.07 Å². The number of rotatable bonds is 5. The quantitative estimate of drug-likeness (QED) is 0.692. The van der Waals surface area contributed by atoms with Gasteiger partial charge in [-0.3, -0.25) is 0 Å². The van der Waals surface area contributed by atoms with Gasteiger partial charge in [0.2, 0.25) is 0 Å². The van der Waals surface area contributed by atoms with Gasteiger partial charge in [-0.1, -0.05) is 19.1 Å². The molecule has 0 bridgehead atoms. The molecule has 0 heterocycles. The summed E-state index contributed by atoms with van der Waals surface area (Å²) in [5.41, 5.74) is 0.576. The van der Waals surface area contributed by atoms with Crippen molar-refractivity contribution in [2.24, 2.45) is 0 Å². The second-order valence-corrected chi connectivity index (χ2v) is 3.22. The Morgan fingerprint density at radius 3 is 2.67 bits per heavy atom. The lowest BCUT2D eigenvalue weighted by molar-refractivity contribution is -0.0536. The summed E-state index contributed by atoms with van der Waals surface area (Å²) in [6.45, 7) is 5.82. The van der Waals surface area contributed by atoms with Gasteiger partial charge in [-0.25, -0.2) is 0 Å². The van der Waals surface area contributed by atoms with Crippen LogP contribution in [-0.4, -0.2) is 18.2 Å². The first-order chi connectivity index (χ1) is 7.31. The molecule has 3 heteroatoms. The van der Waals surface area contributed by atoms with Gasteiger partial charge < -0.3 is 4.84 Å². The molecule has 0 fully saturated rings. The molecule has 0 radical (unpaired) electrons. The van der Waals surface area contributed by atoms with E-state index in [1.165, 1.54) is 0 Å². The Morgan fingerprint density at radius 2 is 2.07 bits per heavy atom. The van der Waals surface area contributed by atoms with Gasteiger partial charge in [-0.05, 0) is 25.5 Å². The van der Waals surface area contributed by atoms with Gasteiger partial charge >= 0.3 is 0 Å². The van der Waals surface area contributed by atoms with E-state index in [-0.39, 0.29) is 0 Å². The lowest BCUT2D eigenvalue weighted by Crippen LogP contribution is -2.28. The van der Waals surface area contributed by atoms with Gasteiger partial charge in [0.25, 0.3) is 0 Å². The van der Waals surface area contributed by atoms with Crippen LogP contribution in [0.25, 0.3) is 0 Å². The highest BCUT2D eigenvalue weighted by molar-refractivity contribution is 5.42. The van der Waals surface area contributed by atoms with Crippen molar-refractivity contribution in [2.45, 2.75) is 20.3 Å². The van der Waals surface area contributed by atoms with E-state index in [4.69, 9.17) is 10.1 Å². The zero-order valence-electron chi connectivity index (χ0n) is 9.23. The molecule has 0 unspecified atom stereocenters. The predicted molar refractivity (Wildman–Crippen MR) is 59.3 cm³/mol. The predicted octanol–water partition coefficient (Wildman–Crippen LogP) is 2.58. The molecule has 80 valence electrons. The van der Waals surface area contributed by atoms with Crippen LogP contribution in [0.5, 0.6) is 5.75 Å². The number of para-hydroxylation sites is 1. The van der Waals surface area contributed by atoms with Crippen LogP contribution in [0.2, 0.25) is 0 Å². The molecule has 0 saturated carbocycles. The van der Waals surface area contributed by atoms with Crippen LogP contribution >= 0.6 is 0 Å². The fourth-order valence-electron chi connectivity index (χ4n) is 1.30. The fourth-order valence-corrected chi connectivity index (χ4v) is 1.30. The molecule has 1 aromatic rings. The molecule has 0 aliphatic carbocycles. The summed E-state index contributed by atoms with van der Waals surface area (Å²) in [6.07, 6.45) is 1.03. The van der Waals surface area contributed by atoms with Gasteiger partial charge in [-0.2, -0.15) is 5.26 Å². The van der Waals surface area contributed by atoms with Crippen molar-refractivity contribution in [3.05, 3.63) is 29.8 Å². The third-order valence-corrected chi connectivity index (χ3v) is 2.06. The van der Waals surface area contributed by atoms with Crippen molar-refractivity contribution in [2.75, 3.05) is 13.1 Å². The molecule has 0 aliphatic heterocycles. The van der Waals surface area contributed by atoms with Crippen LogP contribution in [0.15, 0.2) is 24.3 Å². The average molecular weight is 204 g/mol. The van der Waals surface area contributed by atoms with Crippen LogP contribution in [-0.2, 0) is 0 Å². The first-order valence-corrected chi connectivity index (χ1v) is 5.23. The van der Waals surface area contributed by atoms with Crippen molar-refractivity contribution in [1.82, 2.24) is 5.06 Å². The molecule has 0 aromatic heterocycles. The summed E-state index contributed by atoms with van der Waals surface area (Å²) in [4.78, 5) is 5.64. The molecule has 0 aliphatic rings. The highest BCUT2D eigenvalue weighted by Gasteiger charge is 2.06. The highest BCUT2D eigenvalue weighted by atomic mass is 16.7. The second kappa shape index (κ2) is 6.05. The van der Waals surface area contributed by atoms with Gasteiger partial charge in [0.15, 0.2) is 5.75 Å². The second-order valence-electron chi connectivity index (χ2n) is 3.22. The lowest BCUT2D eigenvalue weighted by Gasteiger charge is -2.20. The number of hydrogen-bond acceptors (Lipinski definition) is 3. The summed E-state index contributed by atoms with van der Waals surface area (Å²) in [5, 5.41) is 10.7. The Labute approximate surface area is 90.8 Å². The molecule has 0 saturated heterocycles. The molecule has 0 amide bonds. The van der Waals surface area contributed by atoms with E-state index >= 15 is 0 Å². The highest BCUT2D eigenvalue weighted by Crippen LogP contribution is 2.17. The standard InChI is InChI=1S/C12H16N2O/c1-3-9-14(4-2)15-12-8-6-5-7-11(12)10-13/h5-8H,3-4,9H2,1-2H3. The molecular formula is C12H16N2O. The maximum absolute atomic E-state index is 8.89. The number of nitriles is 1. The molecule has 15 heavy (non-hydrogen) atoms. The molecule has 0 atom stereocenters. The van der Waals surface area contributed by atoms with E-state index in [2.05, 4.69) is 13.0 Å². The fraction of sp³-hybridized carbons (Fsp3) is 0.417. The molecule has 1 rings (SSSR count). The van der Waals surface area contributed by atoms with Crippen LogP contribution in [0, 0.1) is 11.3 Å². The van der Waals surface area contributed by atoms with Gasteiger partial charge in [0.1, 0.15) is 6.07 Å². The maximum atomic E-state index is 8.89. The van der Waals surface area contributed by atoms with E-state index in [0.717, 1.165) is 19.5 Å². The first kappa shape index (κ1) is 11.5. The van der Waals surface area contributed by atoms with Crippen molar-refractivity contribution in [1.29, 1.82) is 5.26 Å². The third kappa shape index (κ3) is 3.26. The van der Waals surface area contributed by atoms with Crippen molar-refractivity contribution in [3.63, 3.8) is 0 Å². The molecule has 1 aromatic carbocycles. The van der Waals surface area contributed by atoms with Crippen LogP contribution in [0.1, 0.15) is 25.8 Å². The van der Waals surface area contributed by atoms with Gasteiger partial charge in [0.05, 0.1) is 5.56 Å². The summed E-state index contributed by atoms with van der Waals surface area (Å²) in [7, 11) is 0. The Hall–Kier alpha value is -1.53.